The highest BCUT2D eigenvalue weighted by Gasteiger charge is 2.32. The van der Waals surface area contributed by atoms with Gasteiger partial charge in [0.1, 0.15) is 6.04 Å². The number of halogens is 2. The van der Waals surface area contributed by atoms with E-state index >= 15 is 0 Å². The van der Waals surface area contributed by atoms with Gasteiger partial charge in [0.2, 0.25) is 4.77 Å². The Morgan fingerprint density at radius 1 is 1.33 bits per heavy atom. The average molecular weight is 423 g/mol. The van der Waals surface area contributed by atoms with E-state index in [9.17, 15) is 4.79 Å². The molecule has 6 nitrogen and oxygen atoms in total. The summed E-state index contributed by atoms with van der Waals surface area (Å²) in [6, 6.07) is 9.30. The number of esters is 1. The molecule has 140 valence electrons. The topological polar surface area (TPSA) is 51.8 Å². The van der Waals surface area contributed by atoms with Gasteiger partial charge in [0, 0.05) is 12.7 Å². The average Bonchev–Trinajstić information content (AvgIpc) is 2.97. The maximum absolute atomic E-state index is 12.4. The van der Waals surface area contributed by atoms with E-state index in [0.717, 1.165) is 5.56 Å². The molecule has 1 aromatic carbocycles. The first kappa shape index (κ1) is 18.4. The van der Waals surface area contributed by atoms with Crippen molar-refractivity contribution in [3.05, 3.63) is 62.5 Å². The summed E-state index contributed by atoms with van der Waals surface area (Å²) < 4.78 is 8.79. The van der Waals surface area contributed by atoms with E-state index in [0.29, 0.717) is 40.1 Å². The zero-order valence-electron chi connectivity index (χ0n) is 14.4. The Bertz CT molecular complexity index is 1090. The van der Waals surface area contributed by atoms with E-state index in [1.54, 1.807) is 21.3 Å². The molecule has 27 heavy (non-hydrogen) atoms. The molecule has 0 unspecified atom stereocenters. The number of pyridine rings is 1. The largest absolute Gasteiger partial charge is 0.468 e. The number of nitrogens with zero attached hydrogens (tertiary/aromatic N) is 4. The number of hydrogen-bond acceptors (Lipinski definition) is 5. The van der Waals surface area contributed by atoms with Crippen LogP contribution >= 0.6 is 35.4 Å². The lowest BCUT2D eigenvalue weighted by molar-refractivity contribution is -0.148. The number of rotatable bonds is 3. The third-order valence-corrected chi connectivity index (χ3v) is 5.63. The van der Waals surface area contributed by atoms with Gasteiger partial charge in [-0.05, 0) is 35.8 Å². The molecule has 0 bridgehead atoms. The van der Waals surface area contributed by atoms with Crippen molar-refractivity contribution in [2.75, 3.05) is 7.11 Å². The molecule has 1 aliphatic rings. The Morgan fingerprint density at radius 2 is 2.07 bits per heavy atom. The fraction of sp³-hybridized carbons (Fsp3) is 0.278. The molecule has 3 heterocycles. The first-order valence-electron chi connectivity index (χ1n) is 8.31. The molecule has 3 aromatic rings. The smallest absolute Gasteiger partial charge is 0.323 e. The summed E-state index contributed by atoms with van der Waals surface area (Å²) in [7, 11) is 1.40. The van der Waals surface area contributed by atoms with E-state index in [2.05, 4.69) is 11.2 Å². The van der Waals surface area contributed by atoms with Crippen molar-refractivity contribution in [2.45, 2.75) is 25.7 Å². The SMILES string of the molecule is COC(=O)[C@H]1Cc2ccccc2CN1Cn1nc2c(Cl)cc(Cl)cn2c1=S. The molecule has 0 amide bonds. The molecule has 1 atom stereocenters. The number of fused-ring (bicyclic) bond motifs is 2. The second kappa shape index (κ2) is 7.24. The summed E-state index contributed by atoms with van der Waals surface area (Å²) in [5.74, 6) is -0.277. The molecule has 0 radical (unpaired) electrons. The third-order valence-electron chi connectivity index (χ3n) is 4.74. The molecular formula is C18H16Cl2N4O2S. The maximum Gasteiger partial charge on any atom is 0.323 e. The lowest BCUT2D eigenvalue weighted by Crippen LogP contribution is -2.46. The summed E-state index contributed by atoms with van der Waals surface area (Å²) in [6.07, 6.45) is 2.26. The van der Waals surface area contributed by atoms with Gasteiger partial charge in [-0.3, -0.25) is 14.1 Å². The number of benzene rings is 1. The standard InChI is InChI=1S/C18H16Cl2N4O2S/c1-26-17(25)15-6-11-4-2-3-5-12(11)8-22(15)10-24-18(27)23-9-13(19)7-14(20)16(23)21-24/h2-5,7,9,15H,6,8,10H2,1H3/t15-/m1/s1. The van der Waals surface area contributed by atoms with Gasteiger partial charge in [-0.15, -0.1) is 5.10 Å². The Labute approximate surface area is 170 Å². The fourth-order valence-electron chi connectivity index (χ4n) is 3.40. The summed E-state index contributed by atoms with van der Waals surface area (Å²) in [5, 5.41) is 5.41. The Morgan fingerprint density at radius 3 is 2.81 bits per heavy atom. The third kappa shape index (κ3) is 3.36. The monoisotopic (exact) mass is 422 g/mol. The van der Waals surface area contributed by atoms with Crippen LogP contribution in [0, 0.1) is 4.77 Å². The van der Waals surface area contributed by atoms with Gasteiger partial charge in [-0.25, -0.2) is 4.68 Å². The minimum Gasteiger partial charge on any atom is -0.468 e. The highest BCUT2D eigenvalue weighted by molar-refractivity contribution is 7.71. The number of ether oxygens (including phenoxy) is 1. The van der Waals surface area contributed by atoms with Gasteiger partial charge >= 0.3 is 5.97 Å². The van der Waals surface area contributed by atoms with Crippen LogP contribution in [0.25, 0.3) is 5.65 Å². The van der Waals surface area contributed by atoms with Crippen molar-refractivity contribution in [3.63, 3.8) is 0 Å². The molecule has 9 heteroatoms. The quantitative estimate of drug-likeness (QED) is 0.475. The number of aromatic nitrogens is 3. The number of methoxy groups -OCH3 is 1. The van der Waals surface area contributed by atoms with E-state index in [1.165, 1.54) is 12.7 Å². The van der Waals surface area contributed by atoms with Gasteiger partial charge in [0.15, 0.2) is 5.65 Å². The van der Waals surface area contributed by atoms with E-state index < -0.39 is 6.04 Å². The van der Waals surface area contributed by atoms with Gasteiger partial charge in [-0.1, -0.05) is 47.5 Å². The Kier molecular flexibility index (Phi) is 4.94. The second-order valence-corrected chi connectivity index (χ2v) is 7.59. The van der Waals surface area contributed by atoms with E-state index in [4.69, 9.17) is 40.2 Å². The van der Waals surface area contributed by atoms with Gasteiger partial charge in [-0.2, -0.15) is 0 Å². The number of carbonyl (C=O) groups is 1. The van der Waals surface area contributed by atoms with Crippen LogP contribution in [0.5, 0.6) is 0 Å². The Hall–Kier alpha value is -1.93. The molecule has 0 saturated heterocycles. The first-order valence-corrected chi connectivity index (χ1v) is 9.47. The molecule has 4 rings (SSSR count). The molecular weight excluding hydrogens is 407 g/mol. The predicted octanol–water partition coefficient (Wildman–Crippen LogP) is 3.73. The number of hydrogen-bond donors (Lipinski definition) is 0. The van der Waals surface area contributed by atoms with Gasteiger partial charge in [0.25, 0.3) is 0 Å². The van der Waals surface area contributed by atoms with Crippen LogP contribution in [-0.4, -0.2) is 38.2 Å². The molecule has 0 aliphatic carbocycles. The zero-order valence-corrected chi connectivity index (χ0v) is 16.8. The van der Waals surface area contributed by atoms with Crippen LogP contribution in [0.15, 0.2) is 36.5 Å². The minimum absolute atomic E-state index is 0.277. The second-order valence-electron chi connectivity index (χ2n) is 6.38. The highest BCUT2D eigenvalue weighted by Crippen LogP contribution is 2.26. The van der Waals surface area contributed by atoms with E-state index in [1.807, 2.05) is 23.1 Å². The van der Waals surface area contributed by atoms with Crippen LogP contribution < -0.4 is 0 Å². The summed E-state index contributed by atoms with van der Waals surface area (Å²) in [4.78, 5) is 14.4. The first-order chi connectivity index (χ1) is 13.0. The highest BCUT2D eigenvalue weighted by atomic mass is 35.5. The normalized spacial score (nSPS) is 17.1. The van der Waals surface area contributed by atoms with Crippen molar-refractivity contribution in [1.82, 2.24) is 19.1 Å². The molecule has 0 N–H and O–H groups in total. The Balaban J connectivity index is 1.73. The van der Waals surface area contributed by atoms with Crippen molar-refractivity contribution in [1.29, 1.82) is 0 Å². The van der Waals surface area contributed by atoms with Crippen LogP contribution in [0.2, 0.25) is 10.0 Å². The van der Waals surface area contributed by atoms with E-state index in [-0.39, 0.29) is 5.97 Å². The lowest BCUT2D eigenvalue weighted by Gasteiger charge is -2.34. The molecule has 0 spiro atoms. The van der Waals surface area contributed by atoms with Crippen molar-refractivity contribution in [2.24, 2.45) is 0 Å². The summed E-state index contributed by atoms with van der Waals surface area (Å²) in [5.41, 5.74) is 2.85. The molecule has 1 aliphatic heterocycles. The molecule has 2 aromatic heterocycles. The van der Waals surface area contributed by atoms with Crippen LogP contribution in [-0.2, 0) is 29.2 Å². The molecule has 0 saturated carbocycles. The summed E-state index contributed by atoms with van der Waals surface area (Å²) in [6.45, 7) is 0.933. The fourth-order valence-corrected chi connectivity index (χ4v) is 4.15. The van der Waals surface area contributed by atoms with Crippen LogP contribution in [0.3, 0.4) is 0 Å². The summed E-state index contributed by atoms with van der Waals surface area (Å²) >= 11 is 17.8. The van der Waals surface area contributed by atoms with Crippen molar-refractivity contribution < 1.29 is 9.53 Å². The van der Waals surface area contributed by atoms with Gasteiger partial charge < -0.3 is 4.74 Å². The predicted molar refractivity (Wildman–Crippen MR) is 106 cm³/mol. The maximum atomic E-state index is 12.4. The minimum atomic E-state index is -0.407. The number of carbonyl (C=O) groups excluding carboxylic acids is 1. The van der Waals surface area contributed by atoms with Crippen LogP contribution in [0.1, 0.15) is 11.1 Å². The lowest BCUT2D eigenvalue weighted by atomic mass is 9.94. The zero-order chi connectivity index (χ0) is 19.1. The molecule has 0 fully saturated rings. The van der Waals surface area contributed by atoms with Gasteiger partial charge in [0.05, 0.1) is 23.8 Å². The van der Waals surface area contributed by atoms with Crippen molar-refractivity contribution >= 4 is 47.0 Å². The van der Waals surface area contributed by atoms with Crippen LogP contribution in [0.4, 0.5) is 0 Å². The van der Waals surface area contributed by atoms with Crippen molar-refractivity contribution in [3.8, 4) is 0 Å².